The first-order chi connectivity index (χ1) is 14.5. The molecule has 2 aliphatic heterocycles. The molecule has 0 radical (unpaired) electrons. The van der Waals surface area contributed by atoms with Gasteiger partial charge in [0.05, 0.1) is 23.2 Å². The third kappa shape index (κ3) is 3.64. The van der Waals surface area contributed by atoms with E-state index in [1.807, 2.05) is 13.8 Å². The van der Waals surface area contributed by atoms with E-state index in [-0.39, 0.29) is 37.6 Å². The molecule has 0 N–H and O–H groups in total. The molecule has 3 heterocycles. The average Bonchev–Trinajstić information content (AvgIpc) is 2.93. The zero-order valence-electron chi connectivity index (χ0n) is 17.7. The molecule has 0 aliphatic carbocycles. The van der Waals surface area contributed by atoms with Gasteiger partial charge in [-0.2, -0.15) is 0 Å². The monoisotopic (exact) mass is 465 g/mol. The Labute approximate surface area is 187 Å². The highest BCUT2D eigenvalue weighted by atomic mass is 35.5. The normalized spacial score (nSPS) is 20.7. The smallest absolute Gasteiger partial charge is 0.259 e. The Bertz CT molecular complexity index is 1140. The lowest BCUT2D eigenvalue weighted by Gasteiger charge is -2.37. The molecule has 9 heteroatoms. The molecule has 1 saturated heterocycles. The van der Waals surface area contributed by atoms with Crippen LogP contribution in [0.15, 0.2) is 36.7 Å². The minimum Gasteiger partial charge on any atom is -0.297 e. The molecule has 0 atom stereocenters. The van der Waals surface area contributed by atoms with Crippen molar-refractivity contribution < 1.29 is 17.6 Å². The fourth-order valence-corrected chi connectivity index (χ4v) is 5.81. The summed E-state index contributed by atoms with van der Waals surface area (Å²) in [6, 6.07) is 6.83. The van der Waals surface area contributed by atoms with E-state index in [0.29, 0.717) is 21.8 Å². The van der Waals surface area contributed by atoms with Crippen LogP contribution >= 0.6 is 11.6 Å². The molecular formula is C22H25ClFN3O3S. The van der Waals surface area contributed by atoms with Gasteiger partial charge in [-0.15, -0.1) is 0 Å². The van der Waals surface area contributed by atoms with Gasteiger partial charge in [0, 0.05) is 35.4 Å². The molecule has 31 heavy (non-hydrogen) atoms. The van der Waals surface area contributed by atoms with Gasteiger partial charge >= 0.3 is 0 Å². The van der Waals surface area contributed by atoms with E-state index in [4.69, 9.17) is 11.6 Å². The number of nitrogens with zero attached hydrogens (tertiary/aromatic N) is 3. The number of piperidine rings is 1. The summed E-state index contributed by atoms with van der Waals surface area (Å²) in [4.78, 5) is 19.0. The molecule has 1 amide bonds. The summed E-state index contributed by atoms with van der Waals surface area (Å²) in [5.74, 6) is -0.188. The lowest BCUT2D eigenvalue weighted by Crippen LogP contribution is -2.44. The van der Waals surface area contributed by atoms with E-state index in [1.54, 1.807) is 42.3 Å². The maximum atomic E-state index is 15.9. The second-order valence-corrected chi connectivity index (χ2v) is 11.3. The van der Waals surface area contributed by atoms with Crippen molar-refractivity contribution in [3.05, 3.63) is 58.4 Å². The van der Waals surface area contributed by atoms with Crippen LogP contribution in [-0.2, 0) is 21.2 Å². The standard InChI is InChI=1S/C22H25ClFN3O3S/c1-4-31(29,30)26-9-7-22(24,8-10-26)15-11-17(14-25-13-15)27-20(28)18-6-5-16(23)12-19(18)21(27,2)3/h5-6,11-14H,4,7-10H2,1-3H3. The third-order valence-corrected chi connectivity index (χ3v) is 8.52. The van der Waals surface area contributed by atoms with Crippen molar-refractivity contribution in [3.63, 3.8) is 0 Å². The van der Waals surface area contributed by atoms with Crippen LogP contribution < -0.4 is 4.90 Å². The Balaban J connectivity index is 1.65. The second-order valence-electron chi connectivity index (χ2n) is 8.59. The van der Waals surface area contributed by atoms with E-state index in [9.17, 15) is 13.2 Å². The second kappa shape index (κ2) is 7.53. The van der Waals surface area contributed by atoms with Crippen molar-refractivity contribution in [2.24, 2.45) is 0 Å². The first kappa shape index (κ1) is 22.2. The molecule has 1 fully saturated rings. The van der Waals surface area contributed by atoms with Crippen molar-refractivity contribution >= 4 is 33.2 Å². The highest BCUT2D eigenvalue weighted by molar-refractivity contribution is 7.89. The molecule has 1 aromatic carbocycles. The van der Waals surface area contributed by atoms with Crippen LogP contribution in [0.1, 0.15) is 55.1 Å². The number of fused-ring (bicyclic) bond motifs is 1. The highest BCUT2D eigenvalue weighted by Crippen LogP contribution is 2.44. The number of benzene rings is 1. The number of amides is 1. The predicted octanol–water partition coefficient (Wildman–Crippen LogP) is 4.24. The number of hydrogen-bond donors (Lipinski definition) is 0. The number of carbonyl (C=O) groups is 1. The average molecular weight is 466 g/mol. The van der Waals surface area contributed by atoms with Gasteiger partial charge in [0.15, 0.2) is 0 Å². The molecule has 0 saturated carbocycles. The molecule has 2 aromatic rings. The van der Waals surface area contributed by atoms with Gasteiger partial charge in [0.2, 0.25) is 10.0 Å². The van der Waals surface area contributed by atoms with Crippen LogP contribution in [0.4, 0.5) is 10.1 Å². The van der Waals surface area contributed by atoms with Crippen molar-refractivity contribution in [2.75, 3.05) is 23.7 Å². The number of carbonyl (C=O) groups excluding carboxylic acids is 1. The topological polar surface area (TPSA) is 70.6 Å². The van der Waals surface area contributed by atoms with Crippen LogP contribution in [0.2, 0.25) is 5.02 Å². The largest absolute Gasteiger partial charge is 0.297 e. The molecule has 2 aliphatic rings. The van der Waals surface area contributed by atoms with Crippen molar-refractivity contribution in [2.45, 2.75) is 44.8 Å². The third-order valence-electron chi connectivity index (χ3n) is 6.41. The summed E-state index contributed by atoms with van der Waals surface area (Å²) in [6.45, 7) is 5.65. The Morgan fingerprint density at radius 1 is 1.16 bits per heavy atom. The lowest BCUT2D eigenvalue weighted by atomic mass is 9.87. The number of hydrogen-bond acceptors (Lipinski definition) is 4. The van der Waals surface area contributed by atoms with Crippen molar-refractivity contribution in [1.29, 1.82) is 0 Å². The predicted molar refractivity (Wildman–Crippen MR) is 119 cm³/mol. The summed E-state index contributed by atoms with van der Waals surface area (Å²) in [5.41, 5.74) is -0.154. The minimum atomic E-state index is -3.34. The van der Waals surface area contributed by atoms with Gasteiger partial charge in [-0.25, -0.2) is 17.1 Å². The number of pyridine rings is 1. The van der Waals surface area contributed by atoms with Crippen LogP contribution in [0.5, 0.6) is 0 Å². The SMILES string of the molecule is CCS(=O)(=O)N1CCC(F)(c2cncc(N3C(=O)c4ccc(Cl)cc4C3(C)C)c2)CC1. The fraction of sp³-hybridized carbons (Fsp3) is 0.455. The first-order valence-electron chi connectivity index (χ1n) is 10.3. The van der Waals surface area contributed by atoms with Gasteiger partial charge in [-0.3, -0.25) is 14.7 Å². The van der Waals surface area contributed by atoms with Crippen LogP contribution in [0, 0.1) is 0 Å². The summed E-state index contributed by atoms with van der Waals surface area (Å²) in [6.07, 6.45) is 3.11. The molecule has 6 nitrogen and oxygen atoms in total. The highest BCUT2D eigenvalue weighted by Gasteiger charge is 2.45. The zero-order chi connectivity index (χ0) is 22.6. The molecule has 4 rings (SSSR count). The van der Waals surface area contributed by atoms with Gasteiger partial charge in [-0.1, -0.05) is 11.6 Å². The maximum Gasteiger partial charge on any atom is 0.259 e. The van der Waals surface area contributed by atoms with Crippen LogP contribution in [0.3, 0.4) is 0 Å². The van der Waals surface area contributed by atoms with E-state index >= 15 is 4.39 Å². The van der Waals surface area contributed by atoms with E-state index in [1.165, 1.54) is 10.5 Å². The lowest BCUT2D eigenvalue weighted by molar-refractivity contribution is 0.0865. The van der Waals surface area contributed by atoms with Crippen LogP contribution in [-0.4, -0.2) is 42.5 Å². The Kier molecular flexibility index (Phi) is 5.39. The molecule has 0 bridgehead atoms. The minimum absolute atomic E-state index is 0.0000560. The zero-order valence-corrected chi connectivity index (χ0v) is 19.3. The van der Waals surface area contributed by atoms with Crippen molar-refractivity contribution in [1.82, 2.24) is 9.29 Å². The summed E-state index contributed by atoms with van der Waals surface area (Å²) in [5, 5.41) is 0.546. The molecule has 0 spiro atoms. The maximum absolute atomic E-state index is 15.9. The van der Waals surface area contributed by atoms with Gasteiger partial charge < -0.3 is 0 Å². The van der Waals surface area contributed by atoms with E-state index in [2.05, 4.69) is 4.98 Å². The Morgan fingerprint density at radius 3 is 2.48 bits per heavy atom. The molecule has 166 valence electrons. The Hall–Kier alpha value is -2.03. The number of aromatic nitrogens is 1. The number of sulfonamides is 1. The summed E-state index contributed by atoms with van der Waals surface area (Å²) >= 11 is 6.15. The number of rotatable bonds is 4. The summed E-state index contributed by atoms with van der Waals surface area (Å²) in [7, 11) is -3.34. The van der Waals surface area contributed by atoms with Gasteiger partial charge in [-0.05, 0) is 63.4 Å². The van der Waals surface area contributed by atoms with E-state index in [0.717, 1.165) is 5.56 Å². The number of alkyl halides is 1. The first-order valence-corrected chi connectivity index (χ1v) is 12.3. The van der Waals surface area contributed by atoms with Crippen LogP contribution in [0.25, 0.3) is 0 Å². The number of halogens is 2. The molecular weight excluding hydrogens is 441 g/mol. The quantitative estimate of drug-likeness (QED) is 0.677. The number of anilines is 1. The van der Waals surface area contributed by atoms with Crippen molar-refractivity contribution in [3.8, 4) is 0 Å². The molecule has 1 aromatic heterocycles. The molecule has 0 unspecified atom stereocenters. The Morgan fingerprint density at radius 2 is 1.84 bits per heavy atom. The van der Waals surface area contributed by atoms with E-state index < -0.39 is 21.2 Å². The van der Waals surface area contributed by atoms with Gasteiger partial charge in [0.25, 0.3) is 5.91 Å². The fourth-order valence-electron chi connectivity index (χ4n) is 4.53. The van der Waals surface area contributed by atoms with Gasteiger partial charge in [0.1, 0.15) is 5.67 Å². The summed E-state index contributed by atoms with van der Waals surface area (Å²) < 4.78 is 41.4.